The SMILES string of the molecule is C[C@@H](CN)NC(=O)c1ccc(S(=O)(=O)NCc2cccs2)cc1. The Kier molecular flexibility index (Phi) is 5.89. The summed E-state index contributed by atoms with van der Waals surface area (Å²) in [5.41, 5.74) is 5.84. The standard InChI is InChI=1S/C15H19N3O3S2/c1-11(9-16)18-15(19)12-4-6-14(7-5-12)23(20,21)17-10-13-3-2-8-22-13/h2-8,11,17H,9-10,16H2,1H3,(H,18,19)/t11-/m0/s1. The number of carbonyl (C=O) groups excluding carboxylic acids is 1. The first-order valence-electron chi connectivity index (χ1n) is 7.05. The molecule has 0 aliphatic heterocycles. The van der Waals surface area contributed by atoms with E-state index in [1.165, 1.54) is 35.6 Å². The number of rotatable bonds is 7. The van der Waals surface area contributed by atoms with Gasteiger partial charge < -0.3 is 11.1 Å². The van der Waals surface area contributed by atoms with Gasteiger partial charge in [0.2, 0.25) is 10.0 Å². The molecule has 0 aliphatic carbocycles. The molecule has 4 N–H and O–H groups in total. The molecule has 1 heterocycles. The number of sulfonamides is 1. The second-order valence-corrected chi connectivity index (χ2v) is 7.84. The van der Waals surface area contributed by atoms with Gasteiger partial charge in [-0.05, 0) is 42.6 Å². The number of thiophene rings is 1. The first-order valence-corrected chi connectivity index (χ1v) is 9.41. The zero-order chi connectivity index (χ0) is 16.9. The first-order chi connectivity index (χ1) is 10.9. The smallest absolute Gasteiger partial charge is 0.251 e. The molecule has 0 saturated heterocycles. The molecule has 8 heteroatoms. The van der Waals surface area contributed by atoms with Gasteiger partial charge in [0.1, 0.15) is 0 Å². The van der Waals surface area contributed by atoms with E-state index in [1.807, 2.05) is 17.5 Å². The molecule has 2 aromatic rings. The molecule has 0 fully saturated rings. The Morgan fingerprint density at radius 3 is 2.52 bits per heavy atom. The van der Waals surface area contributed by atoms with Crippen molar-refractivity contribution in [2.24, 2.45) is 5.73 Å². The van der Waals surface area contributed by atoms with Gasteiger partial charge in [-0.15, -0.1) is 11.3 Å². The minimum atomic E-state index is -3.60. The van der Waals surface area contributed by atoms with Crippen LogP contribution in [-0.4, -0.2) is 26.9 Å². The van der Waals surface area contributed by atoms with E-state index >= 15 is 0 Å². The maximum absolute atomic E-state index is 12.2. The van der Waals surface area contributed by atoms with Crippen LogP contribution in [0.2, 0.25) is 0 Å². The van der Waals surface area contributed by atoms with Crippen molar-refractivity contribution in [2.75, 3.05) is 6.54 Å². The highest BCUT2D eigenvalue weighted by molar-refractivity contribution is 7.89. The lowest BCUT2D eigenvalue weighted by Gasteiger charge is -2.11. The van der Waals surface area contributed by atoms with Crippen molar-refractivity contribution in [2.45, 2.75) is 24.4 Å². The summed E-state index contributed by atoms with van der Waals surface area (Å²) >= 11 is 1.48. The second kappa shape index (κ2) is 7.69. The van der Waals surface area contributed by atoms with Crippen LogP contribution in [-0.2, 0) is 16.6 Å². The van der Waals surface area contributed by atoms with Crippen LogP contribution in [0.3, 0.4) is 0 Å². The summed E-state index contributed by atoms with van der Waals surface area (Å²) in [7, 11) is -3.60. The predicted octanol–water partition coefficient (Wildman–Crippen LogP) is 1.30. The van der Waals surface area contributed by atoms with Crippen molar-refractivity contribution < 1.29 is 13.2 Å². The average Bonchev–Trinajstić information content (AvgIpc) is 3.06. The minimum Gasteiger partial charge on any atom is -0.348 e. The normalized spacial score (nSPS) is 12.8. The number of nitrogens with one attached hydrogen (secondary N) is 2. The summed E-state index contributed by atoms with van der Waals surface area (Å²) in [5.74, 6) is -0.279. The Morgan fingerprint density at radius 1 is 1.26 bits per heavy atom. The van der Waals surface area contributed by atoms with Crippen LogP contribution in [0.1, 0.15) is 22.2 Å². The Labute approximate surface area is 139 Å². The van der Waals surface area contributed by atoms with E-state index in [-0.39, 0.29) is 23.4 Å². The molecule has 1 atom stereocenters. The Hall–Kier alpha value is -1.74. The van der Waals surface area contributed by atoms with Gasteiger partial charge in [-0.2, -0.15) is 0 Å². The van der Waals surface area contributed by atoms with E-state index in [4.69, 9.17) is 5.73 Å². The molecule has 124 valence electrons. The van der Waals surface area contributed by atoms with Crippen molar-refractivity contribution in [1.29, 1.82) is 0 Å². The van der Waals surface area contributed by atoms with E-state index in [2.05, 4.69) is 10.0 Å². The molecule has 2 rings (SSSR count). The van der Waals surface area contributed by atoms with Gasteiger partial charge in [-0.3, -0.25) is 4.79 Å². The van der Waals surface area contributed by atoms with E-state index in [9.17, 15) is 13.2 Å². The predicted molar refractivity (Wildman–Crippen MR) is 90.8 cm³/mol. The highest BCUT2D eigenvalue weighted by Gasteiger charge is 2.15. The molecule has 0 unspecified atom stereocenters. The van der Waals surface area contributed by atoms with Crippen LogP contribution in [0.5, 0.6) is 0 Å². The molecule has 1 aromatic heterocycles. The van der Waals surface area contributed by atoms with Crippen LogP contribution in [0.4, 0.5) is 0 Å². The van der Waals surface area contributed by atoms with Crippen LogP contribution in [0.25, 0.3) is 0 Å². The van der Waals surface area contributed by atoms with Crippen LogP contribution in [0, 0.1) is 0 Å². The Bertz CT molecular complexity index is 741. The number of nitrogens with two attached hydrogens (primary N) is 1. The number of benzene rings is 1. The summed E-state index contributed by atoms with van der Waals surface area (Å²) in [6, 6.07) is 9.38. The third kappa shape index (κ3) is 4.87. The van der Waals surface area contributed by atoms with Crippen molar-refractivity contribution in [3.05, 3.63) is 52.2 Å². The van der Waals surface area contributed by atoms with Gasteiger partial charge in [-0.25, -0.2) is 13.1 Å². The van der Waals surface area contributed by atoms with E-state index in [0.717, 1.165) is 4.88 Å². The van der Waals surface area contributed by atoms with Crippen LogP contribution < -0.4 is 15.8 Å². The largest absolute Gasteiger partial charge is 0.348 e. The first kappa shape index (κ1) is 17.6. The second-order valence-electron chi connectivity index (χ2n) is 5.04. The van der Waals surface area contributed by atoms with Gasteiger partial charge in [0.15, 0.2) is 0 Å². The Balaban J connectivity index is 2.04. The number of amides is 1. The topological polar surface area (TPSA) is 101 Å². The molecular formula is C15H19N3O3S2. The summed E-state index contributed by atoms with van der Waals surface area (Å²) in [6.45, 7) is 2.38. The molecule has 0 spiro atoms. The van der Waals surface area contributed by atoms with Crippen LogP contribution in [0.15, 0.2) is 46.7 Å². The maximum atomic E-state index is 12.2. The number of hydrogen-bond donors (Lipinski definition) is 3. The quantitative estimate of drug-likeness (QED) is 0.698. The molecular weight excluding hydrogens is 334 g/mol. The molecule has 6 nitrogen and oxygen atoms in total. The van der Waals surface area contributed by atoms with Gasteiger partial charge in [-0.1, -0.05) is 6.07 Å². The minimum absolute atomic E-state index is 0.123. The fraction of sp³-hybridized carbons (Fsp3) is 0.267. The van der Waals surface area contributed by atoms with Gasteiger partial charge in [0.25, 0.3) is 5.91 Å². The van der Waals surface area contributed by atoms with Crippen molar-refractivity contribution in [1.82, 2.24) is 10.0 Å². The van der Waals surface area contributed by atoms with Gasteiger partial charge >= 0.3 is 0 Å². The molecule has 23 heavy (non-hydrogen) atoms. The molecule has 0 aliphatic rings. The zero-order valence-corrected chi connectivity index (χ0v) is 14.3. The Morgan fingerprint density at radius 2 is 1.96 bits per heavy atom. The molecule has 1 amide bonds. The van der Waals surface area contributed by atoms with Crippen molar-refractivity contribution >= 4 is 27.3 Å². The summed E-state index contributed by atoms with van der Waals surface area (Å²) in [6.07, 6.45) is 0. The molecule has 1 aromatic carbocycles. The molecule has 0 saturated carbocycles. The average molecular weight is 353 g/mol. The van der Waals surface area contributed by atoms with Crippen molar-refractivity contribution in [3.8, 4) is 0 Å². The monoisotopic (exact) mass is 353 g/mol. The lowest BCUT2D eigenvalue weighted by atomic mass is 10.2. The highest BCUT2D eigenvalue weighted by atomic mass is 32.2. The summed E-state index contributed by atoms with van der Waals surface area (Å²) in [5, 5.41) is 4.61. The van der Waals surface area contributed by atoms with E-state index in [1.54, 1.807) is 6.92 Å². The van der Waals surface area contributed by atoms with Crippen molar-refractivity contribution in [3.63, 3.8) is 0 Å². The highest BCUT2D eigenvalue weighted by Crippen LogP contribution is 2.13. The fourth-order valence-corrected chi connectivity index (χ4v) is 3.56. The third-order valence-electron chi connectivity index (χ3n) is 3.17. The lowest BCUT2D eigenvalue weighted by molar-refractivity contribution is 0.0941. The zero-order valence-electron chi connectivity index (χ0n) is 12.7. The molecule has 0 bridgehead atoms. The van der Waals surface area contributed by atoms with E-state index < -0.39 is 10.0 Å². The molecule has 0 radical (unpaired) electrons. The van der Waals surface area contributed by atoms with E-state index in [0.29, 0.717) is 12.1 Å². The summed E-state index contributed by atoms with van der Waals surface area (Å²) < 4.78 is 27.0. The number of carbonyl (C=O) groups is 1. The van der Waals surface area contributed by atoms with Crippen LogP contribution >= 0.6 is 11.3 Å². The van der Waals surface area contributed by atoms with Gasteiger partial charge in [0, 0.05) is 29.6 Å². The number of hydrogen-bond acceptors (Lipinski definition) is 5. The fourth-order valence-electron chi connectivity index (χ4n) is 1.81. The maximum Gasteiger partial charge on any atom is 0.251 e. The summed E-state index contributed by atoms with van der Waals surface area (Å²) in [4.78, 5) is 13.0. The lowest BCUT2D eigenvalue weighted by Crippen LogP contribution is -2.37. The van der Waals surface area contributed by atoms with Gasteiger partial charge in [0.05, 0.1) is 4.90 Å². The third-order valence-corrected chi connectivity index (χ3v) is 5.47.